The largest absolute Gasteiger partial charge is 0.454 e. The van der Waals surface area contributed by atoms with Gasteiger partial charge in [-0.05, 0) is 55.5 Å². The van der Waals surface area contributed by atoms with Crippen LogP contribution >= 0.6 is 23.4 Å². The highest BCUT2D eigenvalue weighted by molar-refractivity contribution is 7.98. The first-order valence-electron chi connectivity index (χ1n) is 10.2. The number of carbonyl (C=O) groups excluding carboxylic acids is 4. The Balaban J connectivity index is 1.81. The van der Waals surface area contributed by atoms with Gasteiger partial charge in [-0.1, -0.05) is 30.9 Å². The lowest BCUT2D eigenvalue weighted by Gasteiger charge is -2.22. The van der Waals surface area contributed by atoms with E-state index in [1.54, 1.807) is 24.3 Å². The predicted molar refractivity (Wildman–Crippen MR) is 120 cm³/mol. The van der Waals surface area contributed by atoms with Gasteiger partial charge in [0.2, 0.25) is 0 Å². The van der Waals surface area contributed by atoms with Crippen LogP contribution in [0.15, 0.2) is 24.3 Å². The molecule has 4 amide bonds. The Kier molecular flexibility index (Phi) is 10.7. The number of rotatable bonds is 9. The molecule has 1 fully saturated rings. The Morgan fingerprint density at radius 1 is 1.13 bits per heavy atom. The lowest BCUT2D eigenvalue weighted by Crippen LogP contribution is -2.47. The third-order valence-electron chi connectivity index (χ3n) is 4.85. The van der Waals surface area contributed by atoms with E-state index < -0.39 is 36.5 Å². The molecule has 1 atom stereocenters. The Morgan fingerprint density at radius 3 is 2.45 bits per heavy atom. The third kappa shape index (κ3) is 9.18. The number of halogens is 1. The molecule has 0 spiro atoms. The van der Waals surface area contributed by atoms with E-state index in [9.17, 15) is 19.2 Å². The monoisotopic (exact) mass is 469 g/mol. The molecule has 0 aromatic heterocycles. The molecule has 3 N–H and O–H groups in total. The van der Waals surface area contributed by atoms with Crippen molar-refractivity contribution in [2.75, 3.05) is 18.6 Å². The van der Waals surface area contributed by atoms with E-state index in [1.807, 2.05) is 6.26 Å². The van der Waals surface area contributed by atoms with Crippen molar-refractivity contribution in [2.45, 2.75) is 50.6 Å². The Bertz CT molecular complexity index is 769. The number of hydrogen-bond acceptors (Lipinski definition) is 6. The average molecular weight is 470 g/mol. The smallest absolute Gasteiger partial charge is 0.329 e. The van der Waals surface area contributed by atoms with Crippen molar-refractivity contribution < 1.29 is 23.9 Å². The normalized spacial score (nSPS) is 14.9. The molecule has 0 aliphatic heterocycles. The summed E-state index contributed by atoms with van der Waals surface area (Å²) in [4.78, 5) is 48.7. The number of urea groups is 1. The van der Waals surface area contributed by atoms with Crippen LogP contribution in [0.4, 0.5) is 4.79 Å². The summed E-state index contributed by atoms with van der Waals surface area (Å²) in [7, 11) is 0. The first-order chi connectivity index (χ1) is 14.9. The second-order valence-corrected chi connectivity index (χ2v) is 8.70. The molecule has 2 rings (SSSR count). The lowest BCUT2D eigenvalue weighted by atomic mass is 9.96. The number of hydrogen-bond donors (Lipinski definition) is 3. The highest BCUT2D eigenvalue weighted by Gasteiger charge is 2.24. The molecular formula is C21H28ClN3O5S. The molecule has 31 heavy (non-hydrogen) atoms. The van der Waals surface area contributed by atoms with Gasteiger partial charge in [0.25, 0.3) is 11.8 Å². The molecule has 1 aromatic rings. The summed E-state index contributed by atoms with van der Waals surface area (Å²) in [6.07, 6.45) is 7.25. The molecule has 0 radical (unpaired) electrons. The molecule has 1 aliphatic carbocycles. The van der Waals surface area contributed by atoms with Crippen molar-refractivity contribution in [3.8, 4) is 0 Å². The van der Waals surface area contributed by atoms with Crippen LogP contribution < -0.4 is 16.0 Å². The van der Waals surface area contributed by atoms with Gasteiger partial charge in [0.05, 0.1) is 0 Å². The zero-order chi connectivity index (χ0) is 22.6. The number of nitrogens with one attached hydrogen (secondary N) is 3. The quantitative estimate of drug-likeness (QED) is 0.479. The zero-order valence-corrected chi connectivity index (χ0v) is 19.0. The van der Waals surface area contributed by atoms with Crippen molar-refractivity contribution in [2.24, 2.45) is 0 Å². The number of thioether (sulfide) groups is 1. The van der Waals surface area contributed by atoms with Crippen LogP contribution in [0.3, 0.4) is 0 Å². The van der Waals surface area contributed by atoms with E-state index in [2.05, 4.69) is 16.0 Å². The highest BCUT2D eigenvalue weighted by atomic mass is 35.5. The number of esters is 1. The molecule has 0 unspecified atom stereocenters. The summed E-state index contributed by atoms with van der Waals surface area (Å²) in [5.41, 5.74) is 0.350. The van der Waals surface area contributed by atoms with Crippen molar-refractivity contribution in [3.05, 3.63) is 34.9 Å². The van der Waals surface area contributed by atoms with Crippen molar-refractivity contribution >= 4 is 47.2 Å². The lowest BCUT2D eigenvalue weighted by molar-refractivity contribution is -0.150. The Morgan fingerprint density at radius 2 is 1.81 bits per heavy atom. The van der Waals surface area contributed by atoms with Gasteiger partial charge in [0, 0.05) is 16.6 Å². The third-order valence-corrected chi connectivity index (χ3v) is 5.74. The summed E-state index contributed by atoms with van der Waals surface area (Å²) in [6, 6.07) is 4.80. The van der Waals surface area contributed by atoms with Crippen LogP contribution in [0.5, 0.6) is 0 Å². The minimum Gasteiger partial charge on any atom is -0.454 e. The van der Waals surface area contributed by atoms with Crippen molar-refractivity contribution in [1.82, 2.24) is 16.0 Å². The van der Waals surface area contributed by atoms with Crippen molar-refractivity contribution in [1.29, 1.82) is 0 Å². The van der Waals surface area contributed by atoms with Gasteiger partial charge in [0.15, 0.2) is 6.61 Å². The Hall–Kier alpha value is -2.26. The predicted octanol–water partition coefficient (Wildman–Crippen LogP) is 2.89. The van der Waals surface area contributed by atoms with E-state index in [0.29, 0.717) is 22.8 Å². The van der Waals surface area contributed by atoms with Crippen LogP contribution in [0.25, 0.3) is 0 Å². The maximum atomic E-state index is 12.4. The topological polar surface area (TPSA) is 114 Å². The van der Waals surface area contributed by atoms with E-state index in [-0.39, 0.29) is 6.04 Å². The maximum absolute atomic E-state index is 12.4. The second kappa shape index (κ2) is 13.2. The number of ether oxygens (including phenoxy) is 1. The van der Waals surface area contributed by atoms with E-state index in [1.165, 1.54) is 11.8 Å². The van der Waals surface area contributed by atoms with Gasteiger partial charge < -0.3 is 15.4 Å². The van der Waals surface area contributed by atoms with Gasteiger partial charge in [-0.25, -0.2) is 9.59 Å². The number of benzene rings is 1. The minimum absolute atomic E-state index is 0.0584. The van der Waals surface area contributed by atoms with Gasteiger partial charge in [-0.2, -0.15) is 11.8 Å². The first-order valence-corrected chi connectivity index (χ1v) is 12.0. The molecule has 0 heterocycles. The second-order valence-electron chi connectivity index (χ2n) is 7.28. The highest BCUT2D eigenvalue weighted by Crippen LogP contribution is 2.17. The molecule has 1 aromatic carbocycles. The molecule has 10 heteroatoms. The fourth-order valence-corrected chi connectivity index (χ4v) is 3.79. The number of carbonyl (C=O) groups is 4. The zero-order valence-electron chi connectivity index (χ0n) is 17.4. The summed E-state index contributed by atoms with van der Waals surface area (Å²) in [6.45, 7) is -0.608. The van der Waals surface area contributed by atoms with Gasteiger partial charge in [0.1, 0.15) is 6.04 Å². The van der Waals surface area contributed by atoms with Gasteiger partial charge in [-0.3, -0.25) is 14.9 Å². The fourth-order valence-electron chi connectivity index (χ4n) is 3.20. The maximum Gasteiger partial charge on any atom is 0.329 e. The van der Waals surface area contributed by atoms with E-state index >= 15 is 0 Å². The van der Waals surface area contributed by atoms with Crippen molar-refractivity contribution in [3.63, 3.8) is 0 Å². The molecule has 1 aliphatic rings. The minimum atomic E-state index is -0.917. The van der Waals surface area contributed by atoms with Crippen LogP contribution in [0.2, 0.25) is 5.02 Å². The fraction of sp³-hybridized carbons (Fsp3) is 0.524. The number of amides is 4. The van der Waals surface area contributed by atoms with Crippen LogP contribution in [-0.4, -0.2) is 54.5 Å². The summed E-state index contributed by atoms with van der Waals surface area (Å²) >= 11 is 7.34. The molecule has 8 nitrogen and oxygen atoms in total. The first kappa shape index (κ1) is 25.0. The molecule has 0 saturated heterocycles. The molecule has 0 bridgehead atoms. The van der Waals surface area contributed by atoms with Crippen LogP contribution in [0, 0.1) is 0 Å². The molecular weight excluding hydrogens is 442 g/mol. The SMILES string of the molecule is CSCC[C@H](NC(=O)c1ccc(Cl)cc1)C(=O)OCC(=O)NC(=O)NC1CCCCC1. The average Bonchev–Trinajstić information content (AvgIpc) is 2.75. The van der Waals surface area contributed by atoms with E-state index in [0.717, 1.165) is 32.1 Å². The summed E-state index contributed by atoms with van der Waals surface area (Å²) < 4.78 is 5.03. The summed E-state index contributed by atoms with van der Waals surface area (Å²) in [5.74, 6) is -1.30. The molecule has 170 valence electrons. The summed E-state index contributed by atoms with van der Waals surface area (Å²) in [5, 5.41) is 8.04. The Labute approximate surface area is 191 Å². The van der Waals surface area contributed by atoms with Crippen LogP contribution in [0.1, 0.15) is 48.9 Å². The van der Waals surface area contributed by atoms with Gasteiger partial charge in [-0.15, -0.1) is 0 Å². The molecule has 1 saturated carbocycles. The van der Waals surface area contributed by atoms with Gasteiger partial charge >= 0.3 is 12.0 Å². The van der Waals surface area contributed by atoms with Crippen LogP contribution in [-0.2, 0) is 14.3 Å². The standard InChI is InChI=1S/C21H28ClN3O5S/c1-31-12-11-17(24-19(27)14-7-9-15(22)10-8-14)20(28)30-13-18(26)25-21(29)23-16-5-3-2-4-6-16/h7-10,16-17H,2-6,11-13H2,1H3,(H,24,27)(H2,23,25,26,29)/t17-/m0/s1. The van der Waals surface area contributed by atoms with E-state index in [4.69, 9.17) is 16.3 Å². The number of imide groups is 1.